The summed E-state index contributed by atoms with van der Waals surface area (Å²) in [5.74, 6) is -1.30. The van der Waals surface area contributed by atoms with Crippen LogP contribution in [0.15, 0.2) is 0 Å². The molecule has 1 aliphatic carbocycles. The van der Waals surface area contributed by atoms with Crippen LogP contribution in [0.5, 0.6) is 0 Å². The Morgan fingerprint density at radius 3 is 2.33 bits per heavy atom. The van der Waals surface area contributed by atoms with E-state index in [0.717, 1.165) is 0 Å². The standard InChI is InChI=1S/C6H9FO2/c1-6(7)2-4(3-6)5(8)9/h4H,2-3H2,1H3,(H,8,9)/t4-,6+. The topological polar surface area (TPSA) is 37.3 Å². The summed E-state index contributed by atoms with van der Waals surface area (Å²) in [4.78, 5) is 10.1. The first-order valence-corrected chi connectivity index (χ1v) is 2.93. The largest absolute Gasteiger partial charge is 0.481 e. The molecular formula is C6H9FO2. The number of carboxylic acid groups (broad SMARTS) is 1. The predicted molar refractivity (Wildman–Crippen MR) is 29.9 cm³/mol. The SMILES string of the molecule is C[C@]1(F)C[C@@H](C(=O)O)C1. The number of rotatable bonds is 1. The second-order valence-electron chi connectivity index (χ2n) is 2.86. The van der Waals surface area contributed by atoms with Gasteiger partial charge in [0, 0.05) is 0 Å². The fourth-order valence-corrected chi connectivity index (χ4v) is 1.14. The second kappa shape index (κ2) is 1.69. The maximum atomic E-state index is 12.6. The molecule has 0 atom stereocenters. The first kappa shape index (κ1) is 6.52. The minimum absolute atomic E-state index is 0.183. The van der Waals surface area contributed by atoms with Crippen LogP contribution in [0.4, 0.5) is 4.39 Å². The molecule has 0 saturated heterocycles. The molecule has 1 aliphatic rings. The average molecular weight is 132 g/mol. The molecule has 0 radical (unpaired) electrons. The molecule has 0 aromatic carbocycles. The Bertz CT molecular complexity index is 134. The molecule has 0 spiro atoms. The summed E-state index contributed by atoms with van der Waals surface area (Å²) >= 11 is 0. The Kier molecular flexibility index (Phi) is 1.22. The van der Waals surface area contributed by atoms with Gasteiger partial charge < -0.3 is 5.11 Å². The van der Waals surface area contributed by atoms with Gasteiger partial charge in [-0.2, -0.15) is 0 Å². The summed E-state index contributed by atoms with van der Waals surface area (Å²) < 4.78 is 12.6. The van der Waals surface area contributed by atoms with E-state index in [0.29, 0.717) is 0 Å². The molecule has 0 aromatic heterocycles. The van der Waals surface area contributed by atoms with Gasteiger partial charge in [-0.3, -0.25) is 4.79 Å². The maximum Gasteiger partial charge on any atom is 0.306 e. The van der Waals surface area contributed by atoms with Gasteiger partial charge in [0.2, 0.25) is 0 Å². The Balaban J connectivity index is 2.35. The van der Waals surface area contributed by atoms with E-state index in [1.54, 1.807) is 0 Å². The van der Waals surface area contributed by atoms with Crippen LogP contribution < -0.4 is 0 Å². The zero-order valence-electron chi connectivity index (χ0n) is 5.22. The third kappa shape index (κ3) is 1.20. The zero-order chi connectivity index (χ0) is 7.07. The fourth-order valence-electron chi connectivity index (χ4n) is 1.14. The number of alkyl halides is 1. The number of carboxylic acids is 1. The number of hydrogen-bond acceptors (Lipinski definition) is 1. The zero-order valence-corrected chi connectivity index (χ0v) is 5.22. The van der Waals surface area contributed by atoms with Gasteiger partial charge in [0.05, 0.1) is 5.92 Å². The van der Waals surface area contributed by atoms with E-state index in [-0.39, 0.29) is 12.8 Å². The van der Waals surface area contributed by atoms with Crippen LogP contribution in [0.1, 0.15) is 19.8 Å². The normalized spacial score (nSPS) is 41.8. The summed E-state index contributed by atoms with van der Waals surface area (Å²) in [6, 6.07) is 0. The molecule has 1 fully saturated rings. The Morgan fingerprint density at radius 1 is 1.78 bits per heavy atom. The molecular weight excluding hydrogens is 123 g/mol. The highest BCUT2D eigenvalue weighted by Crippen LogP contribution is 2.40. The van der Waals surface area contributed by atoms with Gasteiger partial charge in [0.15, 0.2) is 0 Å². The number of hydrogen-bond donors (Lipinski definition) is 1. The lowest BCUT2D eigenvalue weighted by Gasteiger charge is -2.35. The lowest BCUT2D eigenvalue weighted by atomic mass is 9.74. The monoisotopic (exact) mass is 132 g/mol. The van der Waals surface area contributed by atoms with Crippen molar-refractivity contribution >= 4 is 5.97 Å². The van der Waals surface area contributed by atoms with Gasteiger partial charge >= 0.3 is 5.97 Å². The Hall–Kier alpha value is -0.600. The maximum absolute atomic E-state index is 12.6. The van der Waals surface area contributed by atoms with Gasteiger partial charge in [-0.15, -0.1) is 0 Å². The van der Waals surface area contributed by atoms with Gasteiger partial charge in [-0.1, -0.05) is 0 Å². The highest BCUT2D eigenvalue weighted by Gasteiger charge is 2.44. The smallest absolute Gasteiger partial charge is 0.306 e. The molecule has 0 heterocycles. The van der Waals surface area contributed by atoms with Crippen LogP contribution in [0.3, 0.4) is 0 Å². The van der Waals surface area contributed by atoms with Crippen molar-refractivity contribution in [3.8, 4) is 0 Å². The Labute approximate surface area is 52.7 Å². The lowest BCUT2D eigenvalue weighted by Crippen LogP contribution is -2.40. The van der Waals surface area contributed by atoms with E-state index < -0.39 is 17.6 Å². The fraction of sp³-hybridized carbons (Fsp3) is 0.833. The van der Waals surface area contributed by atoms with Crippen molar-refractivity contribution in [2.24, 2.45) is 5.92 Å². The van der Waals surface area contributed by atoms with Gasteiger partial charge in [0.25, 0.3) is 0 Å². The van der Waals surface area contributed by atoms with E-state index in [1.165, 1.54) is 6.92 Å². The van der Waals surface area contributed by atoms with Crippen LogP contribution >= 0.6 is 0 Å². The summed E-state index contributed by atoms with van der Waals surface area (Å²) in [7, 11) is 0. The summed E-state index contributed by atoms with van der Waals surface area (Å²) in [6.07, 6.45) is 0.366. The molecule has 0 amide bonds. The van der Waals surface area contributed by atoms with E-state index in [9.17, 15) is 9.18 Å². The average Bonchev–Trinajstić information content (AvgIpc) is 1.59. The highest BCUT2D eigenvalue weighted by atomic mass is 19.1. The molecule has 9 heavy (non-hydrogen) atoms. The van der Waals surface area contributed by atoms with E-state index in [4.69, 9.17) is 5.11 Å². The number of halogens is 1. The second-order valence-corrected chi connectivity index (χ2v) is 2.86. The summed E-state index contributed by atoms with van der Waals surface area (Å²) in [6.45, 7) is 1.44. The quantitative estimate of drug-likeness (QED) is 0.582. The molecule has 1 N–H and O–H groups in total. The van der Waals surface area contributed by atoms with Crippen molar-refractivity contribution in [3.63, 3.8) is 0 Å². The molecule has 1 rings (SSSR count). The van der Waals surface area contributed by atoms with Crippen molar-refractivity contribution < 1.29 is 14.3 Å². The van der Waals surface area contributed by atoms with Crippen molar-refractivity contribution in [3.05, 3.63) is 0 Å². The Morgan fingerprint density at radius 2 is 2.22 bits per heavy atom. The lowest BCUT2D eigenvalue weighted by molar-refractivity contribution is -0.150. The van der Waals surface area contributed by atoms with E-state index >= 15 is 0 Å². The molecule has 3 heteroatoms. The van der Waals surface area contributed by atoms with E-state index in [1.807, 2.05) is 0 Å². The third-order valence-corrected chi connectivity index (χ3v) is 1.69. The van der Waals surface area contributed by atoms with Gasteiger partial charge in [-0.05, 0) is 19.8 Å². The van der Waals surface area contributed by atoms with Crippen LogP contribution in [0, 0.1) is 5.92 Å². The van der Waals surface area contributed by atoms with Crippen molar-refractivity contribution in [2.45, 2.75) is 25.4 Å². The number of aliphatic carboxylic acids is 1. The molecule has 52 valence electrons. The third-order valence-electron chi connectivity index (χ3n) is 1.69. The predicted octanol–water partition coefficient (Wildman–Crippen LogP) is 1.21. The van der Waals surface area contributed by atoms with Crippen LogP contribution in [0.2, 0.25) is 0 Å². The highest BCUT2D eigenvalue weighted by molar-refractivity contribution is 5.71. The minimum Gasteiger partial charge on any atom is -0.481 e. The first-order chi connectivity index (χ1) is 4.01. The molecule has 0 aliphatic heterocycles. The molecule has 2 nitrogen and oxygen atoms in total. The summed E-state index contributed by atoms with van der Waals surface area (Å²) in [5.41, 5.74) is -1.21. The van der Waals surface area contributed by atoms with Gasteiger partial charge in [0.1, 0.15) is 5.67 Å². The molecule has 1 saturated carbocycles. The number of carbonyl (C=O) groups is 1. The minimum atomic E-state index is -1.21. The molecule has 0 unspecified atom stereocenters. The van der Waals surface area contributed by atoms with Crippen LogP contribution in [0.25, 0.3) is 0 Å². The van der Waals surface area contributed by atoms with E-state index in [2.05, 4.69) is 0 Å². The van der Waals surface area contributed by atoms with Crippen LogP contribution in [-0.2, 0) is 4.79 Å². The molecule has 0 aromatic rings. The van der Waals surface area contributed by atoms with Crippen LogP contribution in [-0.4, -0.2) is 16.7 Å². The summed E-state index contributed by atoms with van der Waals surface area (Å²) in [5, 5.41) is 8.30. The molecule has 0 bridgehead atoms. The van der Waals surface area contributed by atoms with Crippen molar-refractivity contribution in [1.82, 2.24) is 0 Å². The first-order valence-electron chi connectivity index (χ1n) is 2.93. The van der Waals surface area contributed by atoms with Crippen molar-refractivity contribution in [1.29, 1.82) is 0 Å². The van der Waals surface area contributed by atoms with Gasteiger partial charge in [-0.25, -0.2) is 4.39 Å². The van der Waals surface area contributed by atoms with Crippen molar-refractivity contribution in [2.75, 3.05) is 0 Å².